The highest BCUT2D eigenvalue weighted by atomic mass is 35.5. The van der Waals surface area contributed by atoms with Crippen LogP contribution in [0.3, 0.4) is 0 Å². The molecule has 0 unspecified atom stereocenters. The number of amides is 1. The van der Waals surface area contributed by atoms with Gasteiger partial charge in [-0.15, -0.1) is 12.4 Å². The average Bonchev–Trinajstić information content (AvgIpc) is 2.44. The van der Waals surface area contributed by atoms with Crippen molar-refractivity contribution in [3.63, 3.8) is 0 Å². The van der Waals surface area contributed by atoms with E-state index in [1.165, 1.54) is 0 Å². The van der Waals surface area contributed by atoms with Crippen LogP contribution in [0.25, 0.3) is 0 Å². The summed E-state index contributed by atoms with van der Waals surface area (Å²) in [5, 5.41) is 7.29. The van der Waals surface area contributed by atoms with E-state index < -0.39 is 0 Å². The van der Waals surface area contributed by atoms with E-state index in [4.69, 9.17) is 23.2 Å². The molecule has 7 heteroatoms. The zero-order valence-corrected chi connectivity index (χ0v) is 14.0. The molecule has 2 rings (SSSR count). The molecule has 21 heavy (non-hydrogen) atoms. The summed E-state index contributed by atoms with van der Waals surface area (Å²) in [6.45, 7) is 5.63. The zero-order chi connectivity index (χ0) is 14.4. The van der Waals surface area contributed by atoms with Crippen molar-refractivity contribution in [1.29, 1.82) is 0 Å². The van der Waals surface area contributed by atoms with E-state index in [0.29, 0.717) is 22.2 Å². The van der Waals surface area contributed by atoms with Crippen LogP contribution in [0.5, 0.6) is 0 Å². The molecule has 1 aliphatic rings. The second-order valence-electron chi connectivity index (χ2n) is 4.82. The molecule has 1 aromatic rings. The third-order valence-corrected chi connectivity index (χ3v) is 4.07. The van der Waals surface area contributed by atoms with Gasteiger partial charge in [0.1, 0.15) is 0 Å². The van der Waals surface area contributed by atoms with Gasteiger partial charge in [0.15, 0.2) is 0 Å². The molecule has 0 saturated carbocycles. The summed E-state index contributed by atoms with van der Waals surface area (Å²) in [7, 11) is 0. The lowest BCUT2D eigenvalue weighted by Gasteiger charge is -2.27. The van der Waals surface area contributed by atoms with Gasteiger partial charge in [0, 0.05) is 49.3 Å². The molecule has 0 aliphatic carbocycles. The minimum Gasteiger partial charge on any atom is -0.355 e. The van der Waals surface area contributed by atoms with Crippen LogP contribution in [0.1, 0.15) is 5.56 Å². The number of hydrogen-bond acceptors (Lipinski definition) is 3. The van der Waals surface area contributed by atoms with Crippen molar-refractivity contribution in [1.82, 2.24) is 15.5 Å². The second-order valence-corrected chi connectivity index (χ2v) is 5.63. The molecule has 1 saturated heterocycles. The molecule has 0 spiro atoms. The summed E-state index contributed by atoms with van der Waals surface area (Å²) in [5.74, 6) is -0.0462. The maximum atomic E-state index is 11.9. The quantitative estimate of drug-likeness (QED) is 0.852. The Morgan fingerprint density at radius 2 is 1.86 bits per heavy atom. The predicted octanol–water partition coefficient (Wildman–Crippen LogP) is 1.98. The summed E-state index contributed by atoms with van der Waals surface area (Å²) < 4.78 is 0. The van der Waals surface area contributed by atoms with Crippen LogP contribution in [0.2, 0.25) is 10.0 Å². The average molecular weight is 353 g/mol. The second kappa shape index (κ2) is 9.49. The molecule has 1 fully saturated rings. The highest BCUT2D eigenvalue weighted by molar-refractivity contribution is 6.36. The van der Waals surface area contributed by atoms with Crippen molar-refractivity contribution >= 4 is 41.5 Å². The Labute approximate surface area is 141 Å². The van der Waals surface area contributed by atoms with Gasteiger partial charge in [0.2, 0.25) is 5.91 Å². The van der Waals surface area contributed by atoms with Crippen LogP contribution in [0, 0.1) is 0 Å². The summed E-state index contributed by atoms with van der Waals surface area (Å²) in [5.41, 5.74) is 0.690. The van der Waals surface area contributed by atoms with Gasteiger partial charge in [-0.1, -0.05) is 29.3 Å². The highest BCUT2D eigenvalue weighted by Crippen LogP contribution is 2.24. The Kier molecular flexibility index (Phi) is 8.37. The first-order valence-electron chi connectivity index (χ1n) is 6.79. The predicted molar refractivity (Wildman–Crippen MR) is 89.7 cm³/mol. The van der Waals surface area contributed by atoms with Crippen molar-refractivity contribution in [2.45, 2.75) is 6.42 Å². The van der Waals surface area contributed by atoms with Crippen LogP contribution < -0.4 is 10.6 Å². The lowest BCUT2D eigenvalue weighted by molar-refractivity contribution is -0.120. The van der Waals surface area contributed by atoms with Gasteiger partial charge >= 0.3 is 0 Å². The van der Waals surface area contributed by atoms with Crippen molar-refractivity contribution in [2.75, 3.05) is 39.3 Å². The minimum atomic E-state index is -0.0462. The molecular weight excluding hydrogens is 333 g/mol. The molecule has 1 aliphatic heterocycles. The Balaban J connectivity index is 0.00000220. The molecule has 2 N–H and O–H groups in total. The van der Waals surface area contributed by atoms with E-state index in [0.717, 1.165) is 32.7 Å². The summed E-state index contributed by atoms with van der Waals surface area (Å²) in [6.07, 6.45) is 0.222. The third kappa shape index (κ3) is 6.01. The standard InChI is InChI=1S/C14H19Cl2N3O.ClH/c15-12-2-1-3-13(16)11(12)10-14(20)18-6-9-19-7-4-17-5-8-19;/h1-3,17H,4-10H2,(H,18,20);1H. The zero-order valence-electron chi connectivity index (χ0n) is 11.7. The van der Waals surface area contributed by atoms with Gasteiger partial charge in [0.05, 0.1) is 6.42 Å². The monoisotopic (exact) mass is 351 g/mol. The first kappa shape index (κ1) is 18.5. The number of benzene rings is 1. The topological polar surface area (TPSA) is 44.4 Å². The van der Waals surface area contributed by atoms with Gasteiger partial charge in [0.25, 0.3) is 0 Å². The van der Waals surface area contributed by atoms with E-state index in [2.05, 4.69) is 15.5 Å². The van der Waals surface area contributed by atoms with E-state index >= 15 is 0 Å². The van der Waals surface area contributed by atoms with Crippen molar-refractivity contribution < 1.29 is 4.79 Å². The maximum Gasteiger partial charge on any atom is 0.224 e. The number of rotatable bonds is 5. The number of halogens is 3. The van der Waals surface area contributed by atoms with Gasteiger partial charge in [-0.3, -0.25) is 9.69 Å². The highest BCUT2D eigenvalue weighted by Gasteiger charge is 2.12. The SMILES string of the molecule is Cl.O=C(Cc1c(Cl)cccc1Cl)NCCN1CCNCC1. The molecule has 1 aromatic carbocycles. The maximum absolute atomic E-state index is 11.9. The number of nitrogens with zero attached hydrogens (tertiary/aromatic N) is 1. The van der Waals surface area contributed by atoms with Crippen LogP contribution in [-0.4, -0.2) is 50.1 Å². The summed E-state index contributed by atoms with van der Waals surface area (Å²) in [6, 6.07) is 5.27. The fourth-order valence-electron chi connectivity index (χ4n) is 2.21. The summed E-state index contributed by atoms with van der Waals surface area (Å²) >= 11 is 12.1. The first-order valence-corrected chi connectivity index (χ1v) is 7.55. The normalized spacial score (nSPS) is 15.3. The van der Waals surface area contributed by atoms with Crippen LogP contribution >= 0.6 is 35.6 Å². The van der Waals surface area contributed by atoms with Crippen LogP contribution in [-0.2, 0) is 11.2 Å². The molecule has 4 nitrogen and oxygen atoms in total. The molecule has 1 amide bonds. The molecule has 1 heterocycles. The molecule has 118 valence electrons. The number of piperazine rings is 1. The number of carbonyl (C=O) groups excluding carboxylic acids is 1. The number of carbonyl (C=O) groups is 1. The largest absolute Gasteiger partial charge is 0.355 e. The first-order chi connectivity index (χ1) is 9.66. The molecule has 0 aromatic heterocycles. The van der Waals surface area contributed by atoms with Crippen molar-refractivity contribution in [3.8, 4) is 0 Å². The molecule has 0 radical (unpaired) electrons. The molecular formula is C14H20Cl3N3O. The Hall–Kier alpha value is -0.520. The van der Waals surface area contributed by atoms with Gasteiger partial charge in [-0.05, 0) is 17.7 Å². The number of nitrogens with one attached hydrogen (secondary N) is 2. The minimum absolute atomic E-state index is 0. The lowest BCUT2D eigenvalue weighted by Crippen LogP contribution is -2.46. The molecule has 0 bridgehead atoms. The fraction of sp³-hybridized carbons (Fsp3) is 0.500. The molecule has 0 atom stereocenters. The Morgan fingerprint density at radius 3 is 2.48 bits per heavy atom. The van der Waals surface area contributed by atoms with Crippen LogP contribution in [0.15, 0.2) is 18.2 Å². The third-order valence-electron chi connectivity index (χ3n) is 3.36. The fourth-order valence-corrected chi connectivity index (χ4v) is 2.74. The Morgan fingerprint density at radius 1 is 1.24 bits per heavy atom. The van der Waals surface area contributed by atoms with Crippen molar-refractivity contribution in [2.24, 2.45) is 0 Å². The van der Waals surface area contributed by atoms with E-state index in [-0.39, 0.29) is 24.7 Å². The summed E-state index contributed by atoms with van der Waals surface area (Å²) in [4.78, 5) is 14.2. The van der Waals surface area contributed by atoms with Gasteiger partial charge in [-0.2, -0.15) is 0 Å². The van der Waals surface area contributed by atoms with Crippen molar-refractivity contribution in [3.05, 3.63) is 33.8 Å². The lowest BCUT2D eigenvalue weighted by atomic mass is 10.1. The van der Waals surface area contributed by atoms with Gasteiger partial charge < -0.3 is 10.6 Å². The Bertz CT molecular complexity index is 445. The van der Waals surface area contributed by atoms with E-state index in [9.17, 15) is 4.79 Å². The van der Waals surface area contributed by atoms with E-state index in [1.54, 1.807) is 18.2 Å². The van der Waals surface area contributed by atoms with E-state index in [1.807, 2.05) is 0 Å². The smallest absolute Gasteiger partial charge is 0.224 e. The number of hydrogen-bond donors (Lipinski definition) is 2. The van der Waals surface area contributed by atoms with Crippen LogP contribution in [0.4, 0.5) is 0 Å². The van der Waals surface area contributed by atoms with Gasteiger partial charge in [-0.25, -0.2) is 0 Å².